The van der Waals surface area contributed by atoms with E-state index in [-0.39, 0.29) is 5.57 Å². The summed E-state index contributed by atoms with van der Waals surface area (Å²) in [6.45, 7) is 13.4. The number of hydrogen-bond donors (Lipinski definition) is 0. The van der Waals surface area contributed by atoms with E-state index in [1.54, 1.807) is 12.1 Å². The summed E-state index contributed by atoms with van der Waals surface area (Å²) >= 11 is 0. The highest BCUT2D eigenvalue weighted by Crippen LogP contribution is 2.25. The fourth-order valence-corrected chi connectivity index (χ4v) is 2.04. The van der Waals surface area contributed by atoms with E-state index < -0.39 is 0 Å². The minimum absolute atomic E-state index is 0.0463. The number of benzene rings is 2. The van der Waals surface area contributed by atoms with Gasteiger partial charge in [-0.15, -0.1) is 0 Å². The third kappa shape index (κ3) is 4.99. The molecule has 0 amide bonds. The van der Waals surface area contributed by atoms with Crippen molar-refractivity contribution in [1.29, 1.82) is 10.5 Å². The van der Waals surface area contributed by atoms with Gasteiger partial charge in [-0.25, -0.2) is 0 Å². The average Bonchev–Trinajstić information content (AvgIpc) is 2.59. The van der Waals surface area contributed by atoms with E-state index >= 15 is 0 Å². The van der Waals surface area contributed by atoms with Crippen LogP contribution in [0.15, 0.2) is 55.1 Å². The summed E-state index contributed by atoms with van der Waals surface area (Å²) in [5.74, 6) is 0. The van der Waals surface area contributed by atoms with Crippen LogP contribution in [0.3, 0.4) is 0 Å². The molecular weight excluding hydrogens is 280 g/mol. The first-order valence-electron chi connectivity index (χ1n) is 7.22. The van der Waals surface area contributed by atoms with Gasteiger partial charge >= 0.3 is 0 Å². The molecular formula is C21H20N2. The summed E-state index contributed by atoms with van der Waals surface area (Å²) in [4.78, 5) is 0. The number of nitrogens with zero attached hydrogens (tertiary/aromatic N) is 2. The van der Waals surface area contributed by atoms with Crippen molar-refractivity contribution in [3.05, 3.63) is 77.4 Å². The van der Waals surface area contributed by atoms with E-state index in [9.17, 15) is 0 Å². The molecule has 0 atom stereocenters. The van der Waals surface area contributed by atoms with Crippen molar-refractivity contribution in [2.45, 2.75) is 20.8 Å². The smallest absolute Gasteiger partial charge is 0.122 e. The minimum atomic E-state index is -0.0463. The molecule has 2 aromatic rings. The molecule has 0 unspecified atom stereocenters. The SMILES string of the molecule is C=C(C#N)C#N.C=Cc1ccc(-c2cc(C)c(C)c(C)c2)cc1. The summed E-state index contributed by atoms with van der Waals surface area (Å²) in [6, 6.07) is 16.1. The van der Waals surface area contributed by atoms with Crippen molar-refractivity contribution in [3.8, 4) is 23.3 Å². The summed E-state index contributed by atoms with van der Waals surface area (Å²) in [5, 5.41) is 15.5. The molecule has 0 heterocycles. The molecule has 0 aliphatic heterocycles. The van der Waals surface area contributed by atoms with Gasteiger partial charge in [-0.2, -0.15) is 10.5 Å². The van der Waals surface area contributed by atoms with Crippen LogP contribution < -0.4 is 0 Å². The Kier molecular flexibility index (Phi) is 6.53. The normalized spacial score (nSPS) is 8.91. The Morgan fingerprint density at radius 3 is 1.74 bits per heavy atom. The molecule has 2 nitrogen and oxygen atoms in total. The van der Waals surface area contributed by atoms with Crippen molar-refractivity contribution >= 4 is 6.08 Å². The van der Waals surface area contributed by atoms with Crippen LogP contribution in [0, 0.1) is 43.4 Å². The van der Waals surface area contributed by atoms with Crippen molar-refractivity contribution in [1.82, 2.24) is 0 Å². The van der Waals surface area contributed by atoms with E-state index in [1.165, 1.54) is 27.8 Å². The summed E-state index contributed by atoms with van der Waals surface area (Å²) in [5.41, 5.74) is 7.77. The quantitative estimate of drug-likeness (QED) is 0.686. The lowest BCUT2D eigenvalue weighted by molar-refractivity contribution is 1.27. The zero-order valence-electron chi connectivity index (χ0n) is 13.9. The Labute approximate surface area is 138 Å². The largest absolute Gasteiger partial charge is 0.192 e. The van der Waals surface area contributed by atoms with Crippen LogP contribution >= 0.6 is 0 Å². The monoisotopic (exact) mass is 300 g/mol. The molecule has 0 saturated carbocycles. The van der Waals surface area contributed by atoms with Crippen LogP contribution in [0.25, 0.3) is 17.2 Å². The highest BCUT2D eigenvalue weighted by molar-refractivity contribution is 5.67. The van der Waals surface area contributed by atoms with E-state index in [1.807, 2.05) is 6.08 Å². The zero-order chi connectivity index (χ0) is 17.4. The lowest BCUT2D eigenvalue weighted by Crippen LogP contribution is -1.88. The molecule has 2 rings (SSSR count). The van der Waals surface area contributed by atoms with Crippen LogP contribution in [0.5, 0.6) is 0 Å². The van der Waals surface area contributed by atoms with Crippen molar-refractivity contribution < 1.29 is 0 Å². The Balaban J connectivity index is 0.000000379. The molecule has 0 fully saturated rings. The maximum atomic E-state index is 7.76. The zero-order valence-corrected chi connectivity index (χ0v) is 13.9. The Bertz CT molecular complexity index is 758. The van der Waals surface area contributed by atoms with Gasteiger partial charge in [0.25, 0.3) is 0 Å². The van der Waals surface area contributed by atoms with Crippen LogP contribution in [-0.4, -0.2) is 0 Å². The molecule has 0 radical (unpaired) electrons. The van der Waals surface area contributed by atoms with Crippen LogP contribution in [0.1, 0.15) is 22.3 Å². The minimum Gasteiger partial charge on any atom is -0.192 e. The molecule has 0 bridgehead atoms. The predicted molar refractivity (Wildman–Crippen MR) is 96.5 cm³/mol. The first-order chi connectivity index (χ1) is 10.9. The Morgan fingerprint density at radius 1 is 0.913 bits per heavy atom. The lowest BCUT2D eigenvalue weighted by Gasteiger charge is -2.09. The van der Waals surface area contributed by atoms with Gasteiger partial charge in [0.15, 0.2) is 0 Å². The number of allylic oxidation sites excluding steroid dienone is 1. The first-order valence-corrected chi connectivity index (χ1v) is 7.22. The molecule has 0 N–H and O–H groups in total. The van der Waals surface area contributed by atoms with Gasteiger partial charge in [0.05, 0.1) is 0 Å². The van der Waals surface area contributed by atoms with Crippen LogP contribution in [0.4, 0.5) is 0 Å². The Hall–Kier alpha value is -3.10. The fourth-order valence-electron chi connectivity index (χ4n) is 2.04. The highest BCUT2D eigenvalue weighted by atomic mass is 14.3. The number of nitriles is 2. The molecule has 2 aromatic carbocycles. The van der Waals surface area contributed by atoms with Gasteiger partial charge in [0.1, 0.15) is 17.7 Å². The van der Waals surface area contributed by atoms with Crippen LogP contribution in [-0.2, 0) is 0 Å². The molecule has 0 saturated heterocycles. The summed E-state index contributed by atoms with van der Waals surface area (Å²) < 4.78 is 0. The summed E-state index contributed by atoms with van der Waals surface area (Å²) in [7, 11) is 0. The lowest BCUT2D eigenvalue weighted by atomic mass is 9.96. The third-order valence-electron chi connectivity index (χ3n) is 3.68. The van der Waals surface area contributed by atoms with Crippen molar-refractivity contribution in [3.63, 3.8) is 0 Å². The standard InChI is InChI=1S/C17H18.C4H2N2/c1-5-15-6-8-16(9-7-15)17-10-12(2)14(4)13(3)11-17;1-4(2-5)3-6/h5-11H,1H2,2-4H3;1H2. The van der Waals surface area contributed by atoms with E-state index in [0.29, 0.717) is 0 Å². The van der Waals surface area contributed by atoms with E-state index in [2.05, 4.69) is 70.3 Å². The van der Waals surface area contributed by atoms with Gasteiger partial charge in [0, 0.05) is 0 Å². The predicted octanol–water partition coefficient (Wildman–Crippen LogP) is 5.51. The van der Waals surface area contributed by atoms with Gasteiger partial charge in [0.2, 0.25) is 0 Å². The second-order valence-corrected chi connectivity index (χ2v) is 5.26. The van der Waals surface area contributed by atoms with Crippen LogP contribution in [0.2, 0.25) is 0 Å². The maximum absolute atomic E-state index is 7.76. The fraction of sp³-hybridized carbons (Fsp3) is 0.143. The maximum Gasteiger partial charge on any atom is 0.122 e. The first kappa shape index (κ1) is 18.0. The van der Waals surface area contributed by atoms with Gasteiger partial charge in [-0.3, -0.25) is 0 Å². The van der Waals surface area contributed by atoms with E-state index in [0.717, 1.165) is 5.56 Å². The topological polar surface area (TPSA) is 47.6 Å². The Morgan fingerprint density at radius 2 is 1.39 bits per heavy atom. The number of hydrogen-bond acceptors (Lipinski definition) is 2. The molecule has 114 valence electrons. The second kappa shape index (κ2) is 8.37. The number of rotatable bonds is 2. The summed E-state index contributed by atoms with van der Waals surface area (Å²) in [6.07, 6.45) is 1.87. The highest BCUT2D eigenvalue weighted by Gasteiger charge is 2.03. The third-order valence-corrected chi connectivity index (χ3v) is 3.68. The molecule has 0 aromatic heterocycles. The number of aryl methyl sites for hydroxylation is 2. The van der Waals surface area contributed by atoms with Crippen molar-refractivity contribution in [2.75, 3.05) is 0 Å². The molecule has 23 heavy (non-hydrogen) atoms. The van der Waals surface area contributed by atoms with Gasteiger partial charge in [-0.05, 0) is 54.2 Å². The second-order valence-electron chi connectivity index (χ2n) is 5.26. The molecule has 0 aliphatic rings. The van der Waals surface area contributed by atoms with Crippen molar-refractivity contribution in [2.24, 2.45) is 0 Å². The average molecular weight is 300 g/mol. The van der Waals surface area contributed by atoms with E-state index in [4.69, 9.17) is 10.5 Å². The molecule has 0 spiro atoms. The molecule has 0 aliphatic carbocycles. The molecule has 2 heteroatoms. The van der Waals surface area contributed by atoms with Gasteiger partial charge in [-0.1, -0.05) is 55.6 Å². The van der Waals surface area contributed by atoms with Gasteiger partial charge < -0.3 is 0 Å².